The maximum absolute atomic E-state index is 13.5. The Morgan fingerprint density at radius 1 is 0.861 bits per heavy atom. The minimum Gasteiger partial charge on any atom is -0.466 e. The van der Waals surface area contributed by atoms with Crippen LogP contribution in [0, 0.1) is 5.92 Å². The van der Waals surface area contributed by atoms with Crippen LogP contribution in [0.1, 0.15) is 30.9 Å². The molecular formula is C29H26N4O3. The van der Waals surface area contributed by atoms with Crippen LogP contribution in [0.25, 0.3) is 23.5 Å². The first-order valence-corrected chi connectivity index (χ1v) is 11.9. The van der Waals surface area contributed by atoms with E-state index < -0.39 is 5.92 Å². The molecule has 2 aromatic heterocycles. The van der Waals surface area contributed by atoms with Crippen LogP contribution >= 0.6 is 0 Å². The maximum Gasteiger partial charge on any atom is 0.309 e. The molecular weight excluding hydrogens is 452 g/mol. The Morgan fingerprint density at radius 2 is 1.33 bits per heavy atom. The number of carbonyl (C=O) groups is 2. The van der Waals surface area contributed by atoms with Gasteiger partial charge in [-0.3, -0.25) is 9.59 Å². The summed E-state index contributed by atoms with van der Waals surface area (Å²) in [7, 11) is 0. The molecule has 0 aliphatic heterocycles. The summed E-state index contributed by atoms with van der Waals surface area (Å²) in [5.41, 5.74) is 4.57. The Morgan fingerprint density at radius 3 is 1.78 bits per heavy atom. The number of allylic oxidation sites excluding steroid dienone is 2. The van der Waals surface area contributed by atoms with Crippen molar-refractivity contribution in [2.75, 3.05) is 6.61 Å². The van der Waals surface area contributed by atoms with Crippen molar-refractivity contribution in [2.45, 2.75) is 19.8 Å². The molecule has 180 valence electrons. The molecule has 0 unspecified atom stereocenters. The first-order valence-electron chi connectivity index (χ1n) is 11.9. The number of benzene rings is 2. The number of ether oxygens (including phenoxy) is 1. The molecule has 5 rings (SSSR count). The average Bonchev–Trinajstić information content (AvgIpc) is 3.57. The third-order valence-corrected chi connectivity index (χ3v) is 6.06. The van der Waals surface area contributed by atoms with Gasteiger partial charge in [0.2, 0.25) is 0 Å². The number of hydrogen-bond donors (Lipinski definition) is 0. The fraction of sp³-hybridized carbons (Fsp3) is 0.172. The number of ketones is 1. The Kier molecular flexibility index (Phi) is 6.71. The van der Waals surface area contributed by atoms with Crippen LogP contribution in [0.2, 0.25) is 0 Å². The summed E-state index contributed by atoms with van der Waals surface area (Å²) in [6.45, 7) is 2.09. The highest BCUT2D eigenvalue weighted by Crippen LogP contribution is 2.33. The molecule has 0 amide bonds. The minimum absolute atomic E-state index is 0.0736. The summed E-state index contributed by atoms with van der Waals surface area (Å²) in [6.07, 6.45) is 11.5. The largest absolute Gasteiger partial charge is 0.466 e. The van der Waals surface area contributed by atoms with E-state index >= 15 is 0 Å². The quantitative estimate of drug-likeness (QED) is 0.286. The van der Waals surface area contributed by atoms with Gasteiger partial charge in [-0.1, -0.05) is 36.4 Å². The lowest BCUT2D eigenvalue weighted by Gasteiger charge is -2.24. The predicted octanol–water partition coefficient (Wildman–Crippen LogP) is 5.07. The third kappa shape index (κ3) is 5.10. The van der Waals surface area contributed by atoms with Crippen molar-refractivity contribution in [3.8, 4) is 11.4 Å². The molecule has 7 nitrogen and oxygen atoms in total. The van der Waals surface area contributed by atoms with Crippen LogP contribution in [-0.2, 0) is 14.3 Å². The summed E-state index contributed by atoms with van der Waals surface area (Å²) >= 11 is 0. The van der Waals surface area contributed by atoms with Gasteiger partial charge in [0.05, 0.1) is 36.3 Å². The lowest BCUT2D eigenvalue weighted by Crippen LogP contribution is -2.27. The number of Topliss-reactive ketones (excluding diaryl/α,β-unsaturated/α-hetero) is 1. The topological polar surface area (TPSA) is 79.0 Å². The molecule has 0 radical (unpaired) electrons. The number of hydrogen-bond acceptors (Lipinski definition) is 5. The van der Waals surface area contributed by atoms with Crippen LogP contribution in [0.5, 0.6) is 0 Å². The van der Waals surface area contributed by atoms with Crippen LogP contribution in [0.15, 0.2) is 96.6 Å². The molecule has 1 aliphatic carbocycles. The fourth-order valence-corrected chi connectivity index (χ4v) is 4.34. The summed E-state index contributed by atoms with van der Waals surface area (Å²) in [4.78, 5) is 26.1. The number of para-hydroxylation sites is 2. The number of aromatic nitrogens is 4. The molecule has 2 heterocycles. The Balaban J connectivity index is 1.45. The first kappa shape index (κ1) is 23.2. The molecule has 0 spiro atoms. The number of nitrogens with zero attached hydrogens (tertiary/aromatic N) is 4. The van der Waals surface area contributed by atoms with E-state index in [4.69, 9.17) is 4.74 Å². The summed E-state index contributed by atoms with van der Waals surface area (Å²) in [6, 6.07) is 19.5. The van der Waals surface area contributed by atoms with Crippen molar-refractivity contribution in [2.24, 2.45) is 5.92 Å². The monoisotopic (exact) mass is 478 g/mol. The van der Waals surface area contributed by atoms with Gasteiger partial charge in [0.25, 0.3) is 0 Å². The minimum atomic E-state index is -0.423. The van der Waals surface area contributed by atoms with E-state index in [1.807, 2.05) is 85.2 Å². The summed E-state index contributed by atoms with van der Waals surface area (Å²) in [5.74, 6) is -0.786. The Hall–Kier alpha value is -4.52. The van der Waals surface area contributed by atoms with Crippen molar-refractivity contribution < 1.29 is 14.3 Å². The van der Waals surface area contributed by atoms with Gasteiger partial charge >= 0.3 is 5.97 Å². The highest BCUT2D eigenvalue weighted by atomic mass is 16.5. The zero-order chi connectivity index (χ0) is 24.9. The number of carbonyl (C=O) groups excluding carboxylic acids is 2. The Labute approximate surface area is 209 Å². The van der Waals surface area contributed by atoms with Gasteiger partial charge in [-0.25, -0.2) is 9.36 Å². The lowest BCUT2D eigenvalue weighted by atomic mass is 9.80. The smallest absolute Gasteiger partial charge is 0.309 e. The van der Waals surface area contributed by atoms with Crippen molar-refractivity contribution in [1.82, 2.24) is 19.6 Å². The molecule has 2 aromatic carbocycles. The second kappa shape index (κ2) is 10.4. The summed E-state index contributed by atoms with van der Waals surface area (Å²) in [5, 5.41) is 8.84. The van der Waals surface area contributed by atoms with Gasteiger partial charge in [0, 0.05) is 34.7 Å². The van der Waals surface area contributed by atoms with Crippen molar-refractivity contribution >= 4 is 23.9 Å². The van der Waals surface area contributed by atoms with E-state index in [0.29, 0.717) is 30.6 Å². The highest BCUT2D eigenvalue weighted by molar-refractivity contribution is 6.14. The third-order valence-electron chi connectivity index (χ3n) is 6.06. The second-order valence-corrected chi connectivity index (χ2v) is 8.63. The second-order valence-electron chi connectivity index (χ2n) is 8.63. The normalized spacial score (nSPS) is 18.0. The van der Waals surface area contributed by atoms with Gasteiger partial charge in [-0.15, -0.1) is 0 Å². The standard InChI is InChI=1S/C29H26N4O3/c1-2-36-29(35)25-15-23(13-21-17-30-32(19-21)26-9-5-3-6-10-26)28(34)24(16-25)14-22-18-31-33(20-22)27-11-7-4-8-12-27/h3-14,17-20,25H,2,15-16H2,1H3. The molecule has 36 heavy (non-hydrogen) atoms. The van der Waals surface area contributed by atoms with Gasteiger partial charge in [0.15, 0.2) is 5.78 Å². The molecule has 0 saturated heterocycles. The lowest BCUT2D eigenvalue weighted by molar-refractivity contribution is -0.148. The average molecular weight is 479 g/mol. The zero-order valence-electron chi connectivity index (χ0n) is 19.9. The van der Waals surface area contributed by atoms with E-state index in [1.165, 1.54) is 0 Å². The summed E-state index contributed by atoms with van der Waals surface area (Å²) < 4.78 is 8.82. The molecule has 0 bridgehead atoms. The molecule has 1 saturated carbocycles. The molecule has 1 fully saturated rings. The van der Waals surface area contributed by atoms with Crippen molar-refractivity contribution in [1.29, 1.82) is 0 Å². The Bertz CT molecular complexity index is 1330. The first-order chi connectivity index (χ1) is 17.6. The SMILES string of the molecule is CCOC(=O)C1CC(=Cc2cnn(-c3ccccc3)c2)C(=O)C(=Cc2cnn(-c3ccccc3)c2)C1. The van der Waals surface area contributed by atoms with Gasteiger partial charge < -0.3 is 4.74 Å². The van der Waals surface area contributed by atoms with Crippen LogP contribution in [-0.4, -0.2) is 37.9 Å². The predicted molar refractivity (Wildman–Crippen MR) is 137 cm³/mol. The van der Waals surface area contributed by atoms with Gasteiger partial charge in [-0.2, -0.15) is 10.2 Å². The molecule has 0 atom stereocenters. The van der Waals surface area contributed by atoms with Crippen LogP contribution in [0.4, 0.5) is 0 Å². The van der Waals surface area contributed by atoms with Crippen molar-refractivity contribution in [3.63, 3.8) is 0 Å². The molecule has 7 heteroatoms. The number of rotatable bonds is 6. The van der Waals surface area contributed by atoms with Crippen molar-refractivity contribution in [3.05, 3.63) is 108 Å². The van der Waals surface area contributed by atoms with E-state index in [9.17, 15) is 9.59 Å². The zero-order valence-corrected chi connectivity index (χ0v) is 19.9. The van der Waals surface area contributed by atoms with E-state index in [0.717, 1.165) is 22.5 Å². The fourth-order valence-electron chi connectivity index (χ4n) is 4.34. The van der Waals surface area contributed by atoms with Crippen LogP contribution in [0.3, 0.4) is 0 Å². The van der Waals surface area contributed by atoms with E-state index in [2.05, 4.69) is 10.2 Å². The van der Waals surface area contributed by atoms with Gasteiger partial charge in [-0.05, 0) is 56.2 Å². The maximum atomic E-state index is 13.5. The van der Waals surface area contributed by atoms with Crippen LogP contribution < -0.4 is 0 Å². The highest BCUT2D eigenvalue weighted by Gasteiger charge is 2.33. The van der Waals surface area contributed by atoms with Gasteiger partial charge in [0.1, 0.15) is 0 Å². The van der Waals surface area contributed by atoms with E-state index in [1.54, 1.807) is 28.7 Å². The molecule has 0 N–H and O–H groups in total. The molecule has 1 aliphatic rings. The number of esters is 1. The molecule has 4 aromatic rings. The van der Waals surface area contributed by atoms with E-state index in [-0.39, 0.29) is 11.8 Å².